The van der Waals surface area contributed by atoms with Gasteiger partial charge in [-0.15, -0.1) is 0 Å². The number of carbonyl (C=O) groups excluding carboxylic acids is 2. The molecule has 1 heterocycles. The Labute approximate surface area is 536 Å². The molecular weight excluding hydrogens is 1090 g/mol. The van der Waals surface area contributed by atoms with Gasteiger partial charge in [-0.1, -0.05) is 320 Å². The number of aliphatic hydroxyl groups is 5. The summed E-state index contributed by atoms with van der Waals surface area (Å²) in [6, 6.07) is -1.02. The van der Waals surface area contributed by atoms with Crippen molar-refractivity contribution in [3.8, 4) is 0 Å². The third-order valence-electron chi connectivity index (χ3n) is 17.7. The molecule has 0 spiro atoms. The molecule has 1 saturated heterocycles. The van der Waals surface area contributed by atoms with Crippen LogP contribution >= 0.6 is 0 Å². The van der Waals surface area contributed by atoms with E-state index in [9.17, 15) is 35.1 Å². The summed E-state index contributed by atoms with van der Waals surface area (Å²) < 4.78 is 17.7. The van der Waals surface area contributed by atoms with E-state index in [1.54, 1.807) is 6.08 Å². The summed E-state index contributed by atoms with van der Waals surface area (Å²) >= 11 is 0. The van der Waals surface area contributed by atoms with Gasteiger partial charge in [0, 0.05) is 6.42 Å². The average molecular weight is 1230 g/mol. The number of aliphatic hydroxyl groups excluding tert-OH is 5. The minimum absolute atomic E-state index is 0.120. The number of allylic oxidation sites excluding steroid dienone is 7. The first-order valence-corrected chi connectivity index (χ1v) is 37.4. The number of hydrogen-bond acceptors (Lipinski definition) is 10. The molecule has 0 aromatic carbocycles. The Morgan fingerprint density at radius 2 is 0.793 bits per heavy atom. The molecule has 6 N–H and O–H groups in total. The van der Waals surface area contributed by atoms with Gasteiger partial charge in [0.2, 0.25) is 5.91 Å². The third-order valence-corrected chi connectivity index (χ3v) is 17.7. The molecule has 87 heavy (non-hydrogen) atoms. The first-order valence-electron chi connectivity index (χ1n) is 37.4. The number of rotatable bonds is 65. The Balaban J connectivity index is 2.54. The van der Waals surface area contributed by atoms with Crippen molar-refractivity contribution in [2.45, 2.75) is 410 Å². The van der Waals surface area contributed by atoms with Gasteiger partial charge in [0.1, 0.15) is 24.4 Å². The van der Waals surface area contributed by atoms with Crippen LogP contribution in [0.15, 0.2) is 48.6 Å². The monoisotopic (exact) mass is 1230 g/mol. The van der Waals surface area contributed by atoms with Crippen LogP contribution in [0.5, 0.6) is 0 Å². The zero-order valence-corrected chi connectivity index (χ0v) is 56.9. The van der Waals surface area contributed by atoms with E-state index >= 15 is 0 Å². The van der Waals surface area contributed by atoms with Crippen LogP contribution in [0.2, 0.25) is 0 Å². The fourth-order valence-electron chi connectivity index (χ4n) is 11.8. The Morgan fingerprint density at radius 1 is 0.448 bits per heavy atom. The zero-order chi connectivity index (χ0) is 63.1. The largest absolute Gasteiger partial charge is 0.454 e. The molecular formula is C76H141NO10. The number of hydrogen-bond donors (Lipinski definition) is 6. The first kappa shape index (κ1) is 82.6. The molecule has 0 aromatic heterocycles. The van der Waals surface area contributed by atoms with Gasteiger partial charge in [0.15, 0.2) is 12.4 Å². The van der Waals surface area contributed by atoms with E-state index in [0.717, 1.165) is 70.6 Å². The Kier molecular flexibility index (Phi) is 60.6. The number of nitrogens with one attached hydrogen (secondary N) is 1. The predicted molar refractivity (Wildman–Crippen MR) is 366 cm³/mol. The Hall–Kier alpha value is -2.38. The Bertz CT molecular complexity index is 1600. The number of ether oxygens (including phenoxy) is 3. The second kappa shape index (κ2) is 63.8. The highest BCUT2D eigenvalue weighted by Gasteiger charge is 2.47. The van der Waals surface area contributed by atoms with E-state index < -0.39 is 67.4 Å². The maximum absolute atomic E-state index is 13.5. The summed E-state index contributed by atoms with van der Waals surface area (Å²) in [5.41, 5.74) is 0. The standard InChI is InChI=1S/C76H141NO10/c1-4-7-10-13-16-19-22-25-27-29-31-32-33-34-35-36-37-39-40-42-45-48-51-54-57-60-63-69(80)75(84)77-67(68(79)62-59-56-53-50-47-44-24-21-18-15-12-9-6-3)66-85-76-74(73(83)72(82)70(65-78)86-76)87-71(81)64-61-58-55-52-49-46-43-41-38-30-28-26-23-20-17-14-11-8-5-2/h17,20,25-28,59,62,67-70,72-74,76,78-80,82-83H,4-16,18-19,21-24,29-58,60-61,63-66H2,1-3H3,(H,77,84)/b20-17-,27-25+,28-26-,62-59+. The van der Waals surface area contributed by atoms with Crippen LogP contribution < -0.4 is 5.32 Å². The first-order chi connectivity index (χ1) is 42.7. The van der Waals surface area contributed by atoms with E-state index in [2.05, 4.69) is 62.5 Å². The van der Waals surface area contributed by atoms with E-state index in [-0.39, 0.29) is 13.0 Å². The molecule has 11 nitrogen and oxygen atoms in total. The normalized spacial score (nSPS) is 18.5. The van der Waals surface area contributed by atoms with Gasteiger partial charge in [-0.05, 0) is 83.5 Å². The van der Waals surface area contributed by atoms with Crippen molar-refractivity contribution in [1.29, 1.82) is 0 Å². The molecule has 0 bridgehead atoms. The lowest BCUT2D eigenvalue weighted by atomic mass is 9.99. The topological polar surface area (TPSA) is 175 Å². The summed E-state index contributed by atoms with van der Waals surface area (Å²) in [4.78, 5) is 26.7. The van der Waals surface area contributed by atoms with E-state index in [0.29, 0.717) is 19.3 Å². The molecule has 0 radical (unpaired) electrons. The molecule has 510 valence electrons. The van der Waals surface area contributed by atoms with Crippen LogP contribution in [-0.4, -0.2) is 99.6 Å². The maximum atomic E-state index is 13.5. The van der Waals surface area contributed by atoms with Gasteiger partial charge in [-0.3, -0.25) is 9.59 Å². The van der Waals surface area contributed by atoms with Crippen LogP contribution in [0, 0.1) is 0 Å². The molecule has 1 aliphatic rings. The summed E-state index contributed by atoms with van der Waals surface area (Å²) in [5, 5.41) is 57.3. The summed E-state index contributed by atoms with van der Waals surface area (Å²) in [5.74, 6) is -1.18. The number of amides is 1. The van der Waals surface area contributed by atoms with Crippen molar-refractivity contribution in [2.75, 3.05) is 13.2 Å². The molecule has 11 heteroatoms. The molecule has 8 unspecified atom stereocenters. The molecule has 0 saturated carbocycles. The molecule has 0 aromatic rings. The lowest BCUT2D eigenvalue weighted by Gasteiger charge is -2.41. The van der Waals surface area contributed by atoms with Crippen molar-refractivity contribution in [3.05, 3.63) is 48.6 Å². The molecule has 8 atom stereocenters. The summed E-state index contributed by atoms with van der Waals surface area (Å²) in [6.45, 7) is 5.82. The number of unbranched alkanes of at least 4 members (excludes halogenated alkanes) is 45. The molecule has 1 fully saturated rings. The average Bonchev–Trinajstić information content (AvgIpc) is 2.51. The number of carbonyl (C=O) groups is 2. The molecule has 1 aliphatic heterocycles. The fraction of sp³-hybridized carbons (Fsp3) is 0.868. The van der Waals surface area contributed by atoms with Crippen LogP contribution in [0.3, 0.4) is 0 Å². The van der Waals surface area contributed by atoms with E-state index in [1.807, 2.05) is 6.08 Å². The van der Waals surface area contributed by atoms with Crippen LogP contribution in [0.1, 0.15) is 361 Å². The van der Waals surface area contributed by atoms with Crippen LogP contribution in [-0.2, 0) is 23.8 Å². The lowest BCUT2D eigenvalue weighted by molar-refractivity contribution is -0.305. The second-order valence-electron chi connectivity index (χ2n) is 26.0. The third kappa shape index (κ3) is 50.9. The SMILES string of the molecule is CCCCC/C=C\C/C=C\CCCCCCCCCCCC(=O)OC1C(OCC(NC(=O)C(O)CCCCCCCCCCCCCCCCCC/C=C/CCCCCCCC)C(O)/C=C/CCCCCCCCCCCCC)OC(CO)C(O)C1O. The van der Waals surface area contributed by atoms with Gasteiger partial charge in [0.05, 0.1) is 25.4 Å². The molecule has 0 aliphatic carbocycles. The molecule has 1 amide bonds. The minimum atomic E-state index is -1.62. The smallest absolute Gasteiger partial charge is 0.306 e. The van der Waals surface area contributed by atoms with Crippen molar-refractivity contribution in [2.24, 2.45) is 0 Å². The van der Waals surface area contributed by atoms with Crippen molar-refractivity contribution in [1.82, 2.24) is 5.32 Å². The van der Waals surface area contributed by atoms with Gasteiger partial charge < -0.3 is 45.1 Å². The van der Waals surface area contributed by atoms with Crippen LogP contribution in [0.4, 0.5) is 0 Å². The van der Waals surface area contributed by atoms with E-state index in [1.165, 1.54) is 244 Å². The highest BCUT2D eigenvalue weighted by molar-refractivity contribution is 5.80. The van der Waals surface area contributed by atoms with Crippen LogP contribution in [0.25, 0.3) is 0 Å². The second-order valence-corrected chi connectivity index (χ2v) is 26.0. The Morgan fingerprint density at radius 3 is 1.21 bits per heavy atom. The zero-order valence-electron chi connectivity index (χ0n) is 56.9. The van der Waals surface area contributed by atoms with Crippen molar-refractivity contribution < 1.29 is 49.3 Å². The maximum Gasteiger partial charge on any atom is 0.306 e. The minimum Gasteiger partial charge on any atom is -0.454 e. The van der Waals surface area contributed by atoms with Crippen molar-refractivity contribution in [3.63, 3.8) is 0 Å². The summed E-state index contributed by atoms with van der Waals surface area (Å²) in [6.07, 6.45) is 70.1. The molecule has 1 rings (SSSR count). The fourth-order valence-corrected chi connectivity index (χ4v) is 11.8. The highest BCUT2D eigenvalue weighted by atomic mass is 16.7. The van der Waals surface area contributed by atoms with E-state index in [4.69, 9.17) is 14.2 Å². The quantitative estimate of drug-likeness (QED) is 0.0195. The van der Waals surface area contributed by atoms with Gasteiger partial charge in [0.25, 0.3) is 0 Å². The summed E-state index contributed by atoms with van der Waals surface area (Å²) in [7, 11) is 0. The number of esters is 1. The predicted octanol–water partition coefficient (Wildman–Crippen LogP) is 19.5. The van der Waals surface area contributed by atoms with Gasteiger partial charge in [-0.25, -0.2) is 0 Å². The van der Waals surface area contributed by atoms with Crippen molar-refractivity contribution >= 4 is 11.9 Å². The van der Waals surface area contributed by atoms with Gasteiger partial charge in [-0.2, -0.15) is 0 Å². The van der Waals surface area contributed by atoms with Gasteiger partial charge >= 0.3 is 5.97 Å². The highest BCUT2D eigenvalue weighted by Crippen LogP contribution is 2.26. The lowest BCUT2D eigenvalue weighted by Crippen LogP contribution is -2.61.